The maximum Gasteiger partial charge on any atom is 2.00 e. The van der Waals surface area contributed by atoms with E-state index in [4.69, 9.17) is 14.8 Å². The number of aromatic nitrogens is 4. The van der Waals surface area contributed by atoms with Crippen LogP contribution in [0, 0.1) is 30.5 Å². The van der Waals surface area contributed by atoms with Crippen molar-refractivity contribution in [1.82, 2.24) is 19.2 Å². The molecule has 0 spiro atoms. The third kappa shape index (κ3) is 8.34. The van der Waals surface area contributed by atoms with Gasteiger partial charge in [-0.3, -0.25) is 4.57 Å². The van der Waals surface area contributed by atoms with Gasteiger partial charge in [0, 0.05) is 56.2 Å². The number of aryl methyl sites for hydroxylation is 1. The summed E-state index contributed by atoms with van der Waals surface area (Å²) in [7, 11) is 0. The Morgan fingerprint density at radius 3 is 1.74 bits per heavy atom. The SMILES string of the molecule is Cc1cccc2nc(-n3c4ccccc4c4ccc(Oc5[c-]c(N6[CH-]N(c7cc(C(C)(C)C)cc(C(C)(C)C)c7)C(C(C)(C)C)=C6C(C)(C)C)cc(C(C)(C)C)c5)cc43)nn12.[Pt+2]. The van der Waals surface area contributed by atoms with E-state index >= 15 is 0 Å². The number of hydrogen-bond acceptors (Lipinski definition) is 5. The maximum atomic E-state index is 6.94. The van der Waals surface area contributed by atoms with Crippen LogP contribution < -0.4 is 14.5 Å². The van der Waals surface area contributed by atoms with Gasteiger partial charge in [-0.05, 0) is 76.8 Å². The van der Waals surface area contributed by atoms with Crippen molar-refractivity contribution >= 4 is 38.8 Å². The van der Waals surface area contributed by atoms with E-state index in [0.717, 1.165) is 44.4 Å². The van der Waals surface area contributed by atoms with Gasteiger partial charge < -0.3 is 14.5 Å². The fraction of sp³-hybridized carbons (Fsp3) is 0.389. The van der Waals surface area contributed by atoms with Crippen molar-refractivity contribution in [2.45, 2.75) is 127 Å². The van der Waals surface area contributed by atoms with Crippen molar-refractivity contribution in [2.75, 3.05) is 9.80 Å². The van der Waals surface area contributed by atoms with Crippen LogP contribution in [0.2, 0.25) is 0 Å². The van der Waals surface area contributed by atoms with E-state index in [0.29, 0.717) is 17.4 Å². The molecule has 0 amide bonds. The monoisotopic (exact) mass is 1010 g/mol. The standard InChI is InChI=1S/C54H64N6O.Pt/c1-34-20-19-23-46-55-49(56-60(34)46)59-44-22-18-17-21-42(44)43-25-24-40(32-45(43)59)61-41-30-37(52(8,9)10)29-39(31-41)58-33-57(47(53(11,12)13)48(58)54(14,15)16)38-27-35(50(2,3)4)26-36(28-38)51(5,6)7;/h17-30,32-33H,1-16H3;/q-2;+2. The van der Waals surface area contributed by atoms with Crippen LogP contribution in [0.5, 0.6) is 11.5 Å². The summed E-state index contributed by atoms with van der Waals surface area (Å²) in [6.07, 6.45) is 0. The zero-order valence-electron chi connectivity index (χ0n) is 39.6. The minimum atomic E-state index is -0.210. The predicted molar refractivity (Wildman–Crippen MR) is 255 cm³/mol. The minimum Gasteiger partial charge on any atom is -0.497 e. The molecular weight excluding hydrogens is 944 g/mol. The minimum absolute atomic E-state index is 0. The molecule has 0 saturated heterocycles. The van der Waals surface area contributed by atoms with Crippen LogP contribution >= 0.6 is 0 Å². The molecule has 4 heterocycles. The molecule has 0 bridgehead atoms. The smallest absolute Gasteiger partial charge is 0.497 e. The second-order valence-electron chi connectivity index (χ2n) is 22.2. The molecule has 0 atom stereocenters. The number of allylic oxidation sites excluding steroid dienone is 2. The zero-order valence-corrected chi connectivity index (χ0v) is 41.9. The molecule has 1 aliphatic rings. The van der Waals surface area contributed by atoms with E-state index in [-0.39, 0.29) is 48.1 Å². The van der Waals surface area contributed by atoms with Gasteiger partial charge >= 0.3 is 21.1 Å². The second-order valence-corrected chi connectivity index (χ2v) is 22.2. The van der Waals surface area contributed by atoms with Crippen LogP contribution in [-0.4, -0.2) is 19.2 Å². The quantitative estimate of drug-likeness (QED) is 0.161. The van der Waals surface area contributed by atoms with Gasteiger partial charge in [0.15, 0.2) is 5.65 Å². The number of nitrogens with zero attached hydrogens (tertiary/aromatic N) is 6. The Bertz CT molecular complexity index is 2830. The summed E-state index contributed by atoms with van der Waals surface area (Å²) in [5.74, 6) is 2.00. The van der Waals surface area contributed by atoms with Gasteiger partial charge in [-0.25, -0.2) is 4.52 Å². The molecule has 0 aliphatic carbocycles. The first kappa shape index (κ1) is 45.2. The van der Waals surface area contributed by atoms with E-state index in [2.05, 4.69) is 217 Å². The number of ether oxygens (including phenoxy) is 1. The molecule has 0 N–H and O–H groups in total. The molecule has 0 radical (unpaired) electrons. The van der Waals surface area contributed by atoms with Gasteiger partial charge in [0.25, 0.3) is 5.95 Å². The first-order valence-electron chi connectivity index (χ1n) is 21.8. The van der Waals surface area contributed by atoms with Gasteiger partial charge in [0.05, 0.1) is 11.0 Å². The van der Waals surface area contributed by atoms with E-state index in [1.807, 2.05) is 16.6 Å². The van der Waals surface area contributed by atoms with Crippen molar-refractivity contribution in [1.29, 1.82) is 0 Å². The van der Waals surface area contributed by atoms with E-state index in [9.17, 15) is 0 Å². The normalized spacial score (nSPS) is 14.5. The third-order valence-corrected chi connectivity index (χ3v) is 11.9. The third-order valence-electron chi connectivity index (χ3n) is 11.9. The summed E-state index contributed by atoms with van der Waals surface area (Å²) < 4.78 is 11.0. The molecule has 8 heteroatoms. The number of rotatable bonds is 5. The largest absolute Gasteiger partial charge is 2.00 e. The number of fused-ring (bicyclic) bond motifs is 4. The summed E-state index contributed by atoms with van der Waals surface area (Å²) in [4.78, 5) is 9.81. The topological polar surface area (TPSA) is 50.8 Å². The van der Waals surface area contributed by atoms with Gasteiger partial charge in [-0.1, -0.05) is 134 Å². The van der Waals surface area contributed by atoms with Crippen molar-refractivity contribution in [2.24, 2.45) is 10.8 Å². The van der Waals surface area contributed by atoms with E-state index < -0.39 is 0 Å². The van der Waals surface area contributed by atoms with Crippen molar-refractivity contribution in [3.05, 3.63) is 138 Å². The fourth-order valence-electron chi connectivity index (χ4n) is 8.51. The van der Waals surface area contributed by atoms with Crippen LogP contribution in [0.15, 0.2) is 102 Å². The van der Waals surface area contributed by atoms with Gasteiger partial charge in [0.1, 0.15) is 5.75 Å². The van der Waals surface area contributed by atoms with Crippen LogP contribution in [-0.2, 0) is 37.3 Å². The summed E-state index contributed by atoms with van der Waals surface area (Å²) in [6.45, 7) is 38.9. The average molecular weight is 1010 g/mol. The number of para-hydroxylation sites is 1. The maximum absolute atomic E-state index is 6.94. The molecule has 0 unspecified atom stereocenters. The molecule has 0 saturated carbocycles. The molecular formula is C54H64N6OPt. The van der Waals surface area contributed by atoms with Crippen molar-refractivity contribution < 1.29 is 25.8 Å². The molecule has 4 aromatic carbocycles. The van der Waals surface area contributed by atoms with Crippen LogP contribution in [0.4, 0.5) is 11.4 Å². The fourth-order valence-corrected chi connectivity index (χ4v) is 8.51. The molecule has 7 nitrogen and oxygen atoms in total. The summed E-state index contributed by atoms with van der Waals surface area (Å²) in [5, 5.41) is 7.22. The first-order chi connectivity index (χ1) is 28.3. The molecule has 0 fully saturated rings. The number of benzene rings is 4. The predicted octanol–water partition coefficient (Wildman–Crippen LogP) is 14.4. The summed E-state index contributed by atoms with van der Waals surface area (Å²) in [6, 6.07) is 36.3. The molecule has 7 aromatic rings. The molecule has 3 aromatic heterocycles. The van der Waals surface area contributed by atoms with Crippen molar-refractivity contribution in [3.8, 4) is 17.4 Å². The first-order valence-corrected chi connectivity index (χ1v) is 21.8. The van der Waals surface area contributed by atoms with E-state index in [1.54, 1.807) is 0 Å². The average Bonchev–Trinajstić information content (AvgIpc) is 3.86. The summed E-state index contributed by atoms with van der Waals surface area (Å²) in [5.41, 5.74) is 11.7. The molecule has 62 heavy (non-hydrogen) atoms. The van der Waals surface area contributed by atoms with Gasteiger partial charge in [0.2, 0.25) is 0 Å². The number of pyridine rings is 1. The Morgan fingerprint density at radius 1 is 0.565 bits per heavy atom. The van der Waals surface area contributed by atoms with Crippen LogP contribution in [0.25, 0.3) is 33.4 Å². The van der Waals surface area contributed by atoms with Gasteiger partial charge in [-0.15, -0.1) is 41.2 Å². The van der Waals surface area contributed by atoms with Crippen LogP contribution in [0.1, 0.15) is 126 Å². The Balaban J connectivity index is 0.00000578. The zero-order chi connectivity index (χ0) is 44.2. The Kier molecular flexibility index (Phi) is 11.2. The van der Waals surface area contributed by atoms with Gasteiger partial charge in [-0.2, -0.15) is 4.98 Å². The summed E-state index contributed by atoms with van der Waals surface area (Å²) >= 11 is 0. The van der Waals surface area contributed by atoms with Crippen molar-refractivity contribution in [3.63, 3.8) is 0 Å². The number of anilines is 2. The second kappa shape index (κ2) is 15.4. The Morgan fingerprint density at radius 2 is 1.15 bits per heavy atom. The van der Waals surface area contributed by atoms with E-state index in [1.165, 1.54) is 28.2 Å². The molecule has 326 valence electrons. The Hall–Kier alpha value is -4.87. The van der Waals surface area contributed by atoms with Crippen LogP contribution in [0.3, 0.4) is 0 Å². The molecule has 1 aliphatic heterocycles. The Labute approximate surface area is 384 Å². The number of hydrogen-bond donors (Lipinski definition) is 0. The molecule has 8 rings (SSSR count).